The summed E-state index contributed by atoms with van der Waals surface area (Å²) in [7, 11) is 1.74. The standard InChI is InChI=1S/C10H14NO/c1-11-10(8-12)7-9-5-3-2-4-6-9/h2-6,10,12H,7-8H2,1H3/q-1/t10-/m1/s1. The summed E-state index contributed by atoms with van der Waals surface area (Å²) >= 11 is 0. The lowest BCUT2D eigenvalue weighted by atomic mass is 10.1. The third-order valence-corrected chi connectivity index (χ3v) is 1.89. The highest BCUT2D eigenvalue weighted by Crippen LogP contribution is 2.07. The van der Waals surface area contributed by atoms with Gasteiger partial charge in [-0.1, -0.05) is 30.3 Å². The average molecular weight is 164 g/mol. The molecule has 1 aromatic rings. The Morgan fingerprint density at radius 2 is 2.00 bits per heavy atom. The van der Waals surface area contributed by atoms with Gasteiger partial charge in [-0.2, -0.15) is 7.05 Å². The summed E-state index contributed by atoms with van der Waals surface area (Å²) in [5.41, 5.74) is 1.22. The highest BCUT2D eigenvalue weighted by atomic mass is 16.3. The molecule has 66 valence electrons. The Morgan fingerprint density at radius 3 is 2.50 bits per heavy atom. The van der Waals surface area contributed by atoms with Gasteiger partial charge < -0.3 is 10.4 Å². The van der Waals surface area contributed by atoms with Gasteiger partial charge in [-0.25, -0.2) is 0 Å². The van der Waals surface area contributed by atoms with Crippen molar-refractivity contribution in [2.45, 2.75) is 12.5 Å². The van der Waals surface area contributed by atoms with Crippen LogP contribution < -0.4 is 0 Å². The SMILES string of the molecule is C[N-][C@@H](CO)Cc1ccccc1. The van der Waals surface area contributed by atoms with Crippen LogP contribution in [0.25, 0.3) is 5.32 Å². The van der Waals surface area contributed by atoms with Crippen LogP contribution in [0.1, 0.15) is 5.56 Å². The van der Waals surface area contributed by atoms with E-state index in [9.17, 15) is 0 Å². The Labute approximate surface area is 73.2 Å². The zero-order valence-electron chi connectivity index (χ0n) is 7.27. The minimum Gasteiger partial charge on any atom is -0.660 e. The van der Waals surface area contributed by atoms with Gasteiger partial charge in [0.2, 0.25) is 0 Å². The maximum atomic E-state index is 8.89. The van der Waals surface area contributed by atoms with Crippen LogP contribution in [0, 0.1) is 0 Å². The normalized spacial score (nSPS) is 12.8. The molecule has 0 amide bonds. The second-order valence-corrected chi connectivity index (χ2v) is 2.78. The van der Waals surface area contributed by atoms with Gasteiger partial charge in [0, 0.05) is 6.61 Å². The quantitative estimate of drug-likeness (QED) is 0.720. The molecule has 0 heterocycles. The molecule has 1 rings (SSSR count). The van der Waals surface area contributed by atoms with E-state index in [0.29, 0.717) is 0 Å². The third kappa shape index (κ3) is 2.64. The Kier molecular flexibility index (Phi) is 3.77. The van der Waals surface area contributed by atoms with E-state index in [1.54, 1.807) is 7.05 Å². The fraction of sp³-hybridized carbons (Fsp3) is 0.400. The van der Waals surface area contributed by atoms with E-state index in [0.717, 1.165) is 6.42 Å². The van der Waals surface area contributed by atoms with Crippen molar-refractivity contribution < 1.29 is 5.11 Å². The molecule has 1 aromatic carbocycles. The Morgan fingerprint density at radius 1 is 1.33 bits per heavy atom. The van der Waals surface area contributed by atoms with Crippen molar-refractivity contribution in [3.63, 3.8) is 0 Å². The van der Waals surface area contributed by atoms with E-state index in [-0.39, 0.29) is 12.6 Å². The number of likely N-dealkylation sites (N-methyl/N-ethyl adjacent to an activating group) is 1. The van der Waals surface area contributed by atoms with Crippen LogP contribution in [0.4, 0.5) is 0 Å². The number of aliphatic hydroxyl groups is 1. The van der Waals surface area contributed by atoms with E-state index < -0.39 is 0 Å². The van der Waals surface area contributed by atoms with Gasteiger partial charge in [0.05, 0.1) is 0 Å². The molecule has 0 aliphatic carbocycles. The average Bonchev–Trinajstić information content (AvgIpc) is 2.16. The van der Waals surface area contributed by atoms with Crippen LogP contribution in [0.15, 0.2) is 30.3 Å². The lowest BCUT2D eigenvalue weighted by molar-refractivity contribution is 0.277. The molecule has 0 aliphatic heterocycles. The summed E-state index contributed by atoms with van der Waals surface area (Å²) in [4.78, 5) is 0. The van der Waals surface area contributed by atoms with Crippen LogP contribution in [-0.2, 0) is 6.42 Å². The minimum atomic E-state index is 0.0485. The maximum absolute atomic E-state index is 8.89. The molecule has 0 radical (unpaired) electrons. The van der Waals surface area contributed by atoms with Gasteiger partial charge in [0.25, 0.3) is 0 Å². The van der Waals surface area contributed by atoms with E-state index in [1.165, 1.54) is 5.56 Å². The topological polar surface area (TPSA) is 34.3 Å². The molecular formula is C10H14NO-. The highest BCUT2D eigenvalue weighted by Gasteiger charge is 1.95. The van der Waals surface area contributed by atoms with Crippen LogP contribution >= 0.6 is 0 Å². The zero-order valence-corrected chi connectivity index (χ0v) is 7.27. The molecule has 0 saturated heterocycles. The van der Waals surface area contributed by atoms with Crippen molar-refractivity contribution in [2.24, 2.45) is 0 Å². The first-order chi connectivity index (χ1) is 5.86. The van der Waals surface area contributed by atoms with Gasteiger partial charge in [-0.05, 0) is 12.0 Å². The number of benzene rings is 1. The highest BCUT2D eigenvalue weighted by molar-refractivity contribution is 5.17. The first-order valence-electron chi connectivity index (χ1n) is 4.10. The molecule has 0 bridgehead atoms. The number of aliphatic hydroxyl groups excluding tert-OH is 1. The van der Waals surface area contributed by atoms with Crippen molar-refractivity contribution >= 4 is 0 Å². The molecule has 1 N–H and O–H groups in total. The van der Waals surface area contributed by atoms with Gasteiger partial charge in [0.15, 0.2) is 0 Å². The summed E-state index contributed by atoms with van der Waals surface area (Å²) < 4.78 is 0. The maximum Gasteiger partial charge on any atom is 0.0274 e. The zero-order chi connectivity index (χ0) is 8.81. The first kappa shape index (κ1) is 9.23. The number of hydrogen-bond donors (Lipinski definition) is 1. The number of rotatable bonds is 4. The van der Waals surface area contributed by atoms with Crippen molar-refractivity contribution in [2.75, 3.05) is 13.7 Å². The van der Waals surface area contributed by atoms with Gasteiger partial charge in [-0.15, -0.1) is 6.04 Å². The summed E-state index contributed by atoms with van der Waals surface area (Å²) in [6.45, 7) is 0.130. The summed E-state index contributed by atoms with van der Waals surface area (Å²) in [6.07, 6.45) is 0.827. The predicted molar refractivity (Wildman–Crippen MR) is 50.3 cm³/mol. The molecule has 0 saturated carbocycles. The van der Waals surface area contributed by atoms with E-state index in [1.807, 2.05) is 30.3 Å². The molecule has 12 heavy (non-hydrogen) atoms. The van der Waals surface area contributed by atoms with Gasteiger partial charge in [-0.3, -0.25) is 0 Å². The molecule has 0 spiro atoms. The first-order valence-corrected chi connectivity index (χ1v) is 4.10. The van der Waals surface area contributed by atoms with Crippen molar-refractivity contribution in [3.05, 3.63) is 41.2 Å². The second kappa shape index (κ2) is 4.91. The lowest BCUT2D eigenvalue weighted by Crippen LogP contribution is -2.14. The molecule has 2 nitrogen and oxygen atoms in total. The van der Waals surface area contributed by atoms with Crippen LogP contribution in [0.5, 0.6) is 0 Å². The molecule has 2 heteroatoms. The molecule has 0 fully saturated rings. The van der Waals surface area contributed by atoms with E-state index in [4.69, 9.17) is 5.11 Å². The van der Waals surface area contributed by atoms with Gasteiger partial charge in [0.1, 0.15) is 0 Å². The van der Waals surface area contributed by atoms with E-state index >= 15 is 0 Å². The monoisotopic (exact) mass is 164 g/mol. The van der Waals surface area contributed by atoms with Crippen LogP contribution in [0.3, 0.4) is 0 Å². The predicted octanol–water partition coefficient (Wildman–Crippen LogP) is 1.59. The third-order valence-electron chi connectivity index (χ3n) is 1.89. The Bertz CT molecular complexity index is 206. The smallest absolute Gasteiger partial charge is 0.0274 e. The van der Waals surface area contributed by atoms with Crippen molar-refractivity contribution in [1.82, 2.24) is 0 Å². The Balaban J connectivity index is 2.51. The van der Waals surface area contributed by atoms with Crippen LogP contribution in [0.2, 0.25) is 0 Å². The fourth-order valence-corrected chi connectivity index (χ4v) is 1.12. The molecule has 0 unspecified atom stereocenters. The van der Waals surface area contributed by atoms with Gasteiger partial charge >= 0.3 is 0 Å². The lowest BCUT2D eigenvalue weighted by Gasteiger charge is -2.25. The Hall–Kier alpha value is -0.860. The minimum absolute atomic E-state index is 0.0485. The molecule has 1 atom stereocenters. The molecular weight excluding hydrogens is 150 g/mol. The largest absolute Gasteiger partial charge is 0.660 e. The molecule has 0 aliphatic rings. The van der Waals surface area contributed by atoms with Crippen LogP contribution in [-0.4, -0.2) is 24.8 Å². The van der Waals surface area contributed by atoms with E-state index in [2.05, 4.69) is 5.32 Å². The molecule has 0 aromatic heterocycles. The fourth-order valence-electron chi connectivity index (χ4n) is 1.12. The number of hydrogen-bond acceptors (Lipinski definition) is 1. The van der Waals surface area contributed by atoms with Crippen molar-refractivity contribution in [3.8, 4) is 0 Å². The summed E-state index contributed by atoms with van der Waals surface area (Å²) in [6, 6.07) is 10.1. The summed E-state index contributed by atoms with van der Waals surface area (Å²) in [5, 5.41) is 12.9. The summed E-state index contributed by atoms with van der Waals surface area (Å²) in [5.74, 6) is 0. The van der Waals surface area contributed by atoms with Crippen molar-refractivity contribution in [1.29, 1.82) is 0 Å². The number of nitrogens with zero attached hydrogens (tertiary/aromatic N) is 1. The second-order valence-electron chi connectivity index (χ2n) is 2.78.